The summed E-state index contributed by atoms with van der Waals surface area (Å²) in [5.41, 5.74) is 0. The van der Waals surface area contributed by atoms with Gasteiger partial charge in [-0.25, -0.2) is 0 Å². The van der Waals surface area contributed by atoms with Crippen LogP contribution < -0.4 is 5.32 Å². The largest absolute Gasteiger partial charge is 0.355 e. The second-order valence-corrected chi connectivity index (χ2v) is 5.40. The van der Waals surface area contributed by atoms with Gasteiger partial charge in [0, 0.05) is 32.4 Å². The molecule has 1 rings (SSSR count). The maximum absolute atomic E-state index is 12.1. The lowest BCUT2D eigenvalue weighted by Crippen LogP contribution is -2.38. The van der Waals surface area contributed by atoms with Crippen LogP contribution in [0, 0.1) is 11.8 Å². The van der Waals surface area contributed by atoms with Gasteiger partial charge in [-0.05, 0) is 12.3 Å². The van der Waals surface area contributed by atoms with Gasteiger partial charge in [0.05, 0.1) is 0 Å². The van der Waals surface area contributed by atoms with E-state index in [1.165, 1.54) is 11.8 Å². The molecule has 5 heteroatoms. The summed E-state index contributed by atoms with van der Waals surface area (Å²) in [6.07, 6.45) is 3.30. The van der Waals surface area contributed by atoms with E-state index in [0.29, 0.717) is 18.9 Å². The van der Waals surface area contributed by atoms with Crippen LogP contribution in [-0.4, -0.2) is 35.7 Å². The Morgan fingerprint density at radius 3 is 2.74 bits per heavy atom. The number of likely N-dealkylation sites (tertiary alicyclic amines) is 1. The maximum Gasteiger partial charge on any atom is 0.232 e. The molecule has 1 aliphatic heterocycles. The fourth-order valence-corrected chi connectivity index (χ4v) is 2.61. The Morgan fingerprint density at radius 1 is 1.47 bits per heavy atom. The zero-order valence-corrected chi connectivity index (χ0v) is 12.1. The summed E-state index contributed by atoms with van der Waals surface area (Å²) in [5.74, 6) is -0.0111. The lowest BCUT2D eigenvalue weighted by molar-refractivity contribution is -0.139. The molecule has 0 aromatic heterocycles. The predicted octanol–water partition coefficient (Wildman–Crippen LogP) is 1.32. The van der Waals surface area contributed by atoms with Crippen LogP contribution in [0.15, 0.2) is 0 Å². The van der Waals surface area contributed by atoms with Crippen molar-refractivity contribution >= 4 is 17.7 Å². The fourth-order valence-electron chi connectivity index (χ4n) is 2.61. The van der Waals surface area contributed by atoms with Crippen LogP contribution >= 0.6 is 0 Å². The molecule has 1 aliphatic rings. The van der Waals surface area contributed by atoms with Crippen LogP contribution in [0.4, 0.5) is 0 Å². The van der Waals surface area contributed by atoms with E-state index in [1.54, 1.807) is 0 Å². The predicted molar refractivity (Wildman–Crippen MR) is 72.2 cm³/mol. The van der Waals surface area contributed by atoms with Gasteiger partial charge in [-0.2, -0.15) is 0 Å². The average Bonchev–Trinajstić information content (AvgIpc) is 2.56. The van der Waals surface area contributed by atoms with Crippen molar-refractivity contribution in [3.8, 4) is 0 Å². The summed E-state index contributed by atoms with van der Waals surface area (Å²) in [7, 11) is 0. The van der Waals surface area contributed by atoms with Crippen LogP contribution in [0.1, 0.15) is 46.5 Å². The Hall–Kier alpha value is -1.39. The van der Waals surface area contributed by atoms with Crippen molar-refractivity contribution in [2.75, 3.05) is 13.1 Å². The third-order valence-corrected chi connectivity index (χ3v) is 3.52. The molecule has 0 aromatic rings. The Morgan fingerprint density at radius 2 is 2.16 bits per heavy atom. The highest BCUT2D eigenvalue weighted by atomic mass is 16.2. The molecule has 0 radical (unpaired) electrons. The highest BCUT2D eigenvalue weighted by Gasteiger charge is 2.38. The number of amides is 3. The molecule has 0 bridgehead atoms. The highest BCUT2D eigenvalue weighted by molar-refractivity contribution is 6.03. The van der Waals surface area contributed by atoms with Gasteiger partial charge in [-0.1, -0.05) is 26.7 Å². The number of imide groups is 1. The molecule has 108 valence electrons. The zero-order valence-electron chi connectivity index (χ0n) is 12.1. The molecule has 0 spiro atoms. The van der Waals surface area contributed by atoms with Gasteiger partial charge in [0.15, 0.2) is 0 Å². The number of nitrogens with one attached hydrogen (secondary N) is 1. The first kappa shape index (κ1) is 15.7. The van der Waals surface area contributed by atoms with Crippen molar-refractivity contribution in [1.29, 1.82) is 0 Å². The zero-order chi connectivity index (χ0) is 14.4. The summed E-state index contributed by atoms with van der Waals surface area (Å²) < 4.78 is 0. The second-order valence-electron chi connectivity index (χ2n) is 5.40. The normalized spacial score (nSPS) is 20.8. The minimum atomic E-state index is -0.161. The first-order chi connectivity index (χ1) is 8.95. The molecule has 2 unspecified atom stereocenters. The number of nitrogens with zero attached hydrogens (tertiary/aromatic N) is 1. The number of hydrogen-bond donors (Lipinski definition) is 1. The summed E-state index contributed by atoms with van der Waals surface area (Å²) >= 11 is 0. The minimum absolute atomic E-state index is 0.0710. The first-order valence-corrected chi connectivity index (χ1v) is 7.04. The molecule has 5 nitrogen and oxygen atoms in total. The number of rotatable bonds is 7. The van der Waals surface area contributed by atoms with E-state index in [-0.39, 0.29) is 30.2 Å². The maximum atomic E-state index is 12.1. The van der Waals surface area contributed by atoms with Gasteiger partial charge >= 0.3 is 0 Å². The number of carbonyl (C=O) groups is 3. The van der Waals surface area contributed by atoms with Crippen LogP contribution in [0.3, 0.4) is 0 Å². The summed E-state index contributed by atoms with van der Waals surface area (Å²) in [6, 6.07) is 0. The smallest absolute Gasteiger partial charge is 0.232 e. The Kier molecular flexibility index (Phi) is 5.99. The van der Waals surface area contributed by atoms with E-state index >= 15 is 0 Å². The van der Waals surface area contributed by atoms with E-state index in [0.717, 1.165) is 19.3 Å². The SMILES string of the molecule is CCCC(C)CC1CC(=O)N(CCNC(C)=O)C1=O. The molecule has 0 saturated carbocycles. The summed E-state index contributed by atoms with van der Waals surface area (Å²) in [5, 5.41) is 2.60. The first-order valence-electron chi connectivity index (χ1n) is 7.04. The quantitative estimate of drug-likeness (QED) is 0.708. The van der Waals surface area contributed by atoms with E-state index in [1.807, 2.05) is 0 Å². The lowest BCUT2D eigenvalue weighted by Gasteiger charge is -2.16. The molecular weight excluding hydrogens is 244 g/mol. The third kappa shape index (κ3) is 4.65. The van der Waals surface area contributed by atoms with Gasteiger partial charge in [0.1, 0.15) is 0 Å². The molecule has 1 heterocycles. The highest BCUT2D eigenvalue weighted by Crippen LogP contribution is 2.27. The summed E-state index contributed by atoms with van der Waals surface area (Å²) in [4.78, 5) is 36.0. The van der Waals surface area contributed by atoms with Gasteiger partial charge in [-0.3, -0.25) is 19.3 Å². The van der Waals surface area contributed by atoms with Gasteiger partial charge < -0.3 is 5.32 Å². The molecule has 1 N–H and O–H groups in total. The lowest BCUT2D eigenvalue weighted by atomic mass is 9.91. The molecule has 1 saturated heterocycles. The van der Waals surface area contributed by atoms with Crippen molar-refractivity contribution in [2.45, 2.75) is 46.5 Å². The fraction of sp³-hybridized carbons (Fsp3) is 0.786. The minimum Gasteiger partial charge on any atom is -0.355 e. The van der Waals surface area contributed by atoms with E-state index in [4.69, 9.17) is 0 Å². The Balaban J connectivity index is 2.46. The van der Waals surface area contributed by atoms with Crippen LogP contribution in [-0.2, 0) is 14.4 Å². The van der Waals surface area contributed by atoms with Crippen LogP contribution in [0.25, 0.3) is 0 Å². The molecule has 0 aromatic carbocycles. The molecule has 0 aliphatic carbocycles. The van der Waals surface area contributed by atoms with Crippen LogP contribution in [0.5, 0.6) is 0 Å². The van der Waals surface area contributed by atoms with E-state index in [9.17, 15) is 14.4 Å². The van der Waals surface area contributed by atoms with Crippen molar-refractivity contribution < 1.29 is 14.4 Å². The summed E-state index contributed by atoms with van der Waals surface area (Å²) in [6.45, 7) is 6.29. The van der Waals surface area contributed by atoms with E-state index in [2.05, 4.69) is 19.2 Å². The second kappa shape index (κ2) is 7.26. The average molecular weight is 268 g/mol. The number of hydrogen-bond acceptors (Lipinski definition) is 3. The Labute approximate surface area is 114 Å². The van der Waals surface area contributed by atoms with Crippen LogP contribution in [0.2, 0.25) is 0 Å². The molecule has 1 fully saturated rings. The Bertz CT molecular complexity index is 355. The van der Waals surface area contributed by atoms with Crippen molar-refractivity contribution in [3.63, 3.8) is 0 Å². The number of carbonyl (C=O) groups excluding carboxylic acids is 3. The van der Waals surface area contributed by atoms with Crippen molar-refractivity contribution in [2.24, 2.45) is 11.8 Å². The van der Waals surface area contributed by atoms with E-state index < -0.39 is 0 Å². The molecule has 3 amide bonds. The van der Waals surface area contributed by atoms with Gasteiger partial charge in [0.2, 0.25) is 17.7 Å². The van der Waals surface area contributed by atoms with Gasteiger partial charge in [-0.15, -0.1) is 0 Å². The topological polar surface area (TPSA) is 66.5 Å². The molecule has 2 atom stereocenters. The van der Waals surface area contributed by atoms with Gasteiger partial charge in [0.25, 0.3) is 0 Å². The van der Waals surface area contributed by atoms with Crippen molar-refractivity contribution in [1.82, 2.24) is 10.2 Å². The standard InChI is InChI=1S/C14H24N2O3/c1-4-5-10(2)8-12-9-13(18)16(14(12)19)7-6-15-11(3)17/h10,12H,4-9H2,1-3H3,(H,15,17). The van der Waals surface area contributed by atoms with Crippen molar-refractivity contribution in [3.05, 3.63) is 0 Å². The monoisotopic (exact) mass is 268 g/mol. The third-order valence-electron chi connectivity index (χ3n) is 3.52. The molecule has 19 heavy (non-hydrogen) atoms. The molecular formula is C14H24N2O3.